The lowest BCUT2D eigenvalue weighted by Crippen LogP contribution is -2.33. The SMILES string of the molecule is c1ccc2c(c1)-c1ccccc1C21c2ccccc2-n2c3c1cccc3c1ccc3c4ccccc4n4c5ccccc5nc4c3c12.c1ccc2c(c1)-c1ccccc1C21c2ccccc2-n2c3cc4c(cc3c3cccc1c32)c1ccccc1n1c2ccccc2nc41.c1ccc2c(c1)-c1ccccc1C21c2ccccc2-n2c3ccc4c5ccccc5n5c6ccccc6nc5c4c3c3cccc1c32. The number of fused-ring (bicyclic) bond motifs is 62. The molecule has 9 heteroatoms. The van der Waals surface area contributed by atoms with Crippen LogP contribution < -0.4 is 0 Å². The Morgan fingerprint density at radius 3 is 0.894 bits per heavy atom. The number of hydrogen-bond acceptors (Lipinski definition) is 3. The van der Waals surface area contributed by atoms with Crippen molar-refractivity contribution in [1.29, 1.82) is 0 Å². The van der Waals surface area contributed by atoms with Gasteiger partial charge < -0.3 is 13.7 Å². The number of hydrogen-bond donors (Lipinski definition) is 0. The van der Waals surface area contributed by atoms with Gasteiger partial charge in [-0.2, -0.15) is 0 Å². The van der Waals surface area contributed by atoms with Gasteiger partial charge in [-0.05, 0) is 207 Å². The highest BCUT2D eigenvalue weighted by Crippen LogP contribution is 2.66. The van der Waals surface area contributed by atoms with E-state index in [4.69, 9.17) is 15.0 Å². The second-order valence-electron chi connectivity index (χ2n) is 39.2. The van der Waals surface area contributed by atoms with Crippen molar-refractivity contribution in [2.45, 2.75) is 16.2 Å². The largest absolute Gasteiger partial charge is 0.309 e. The number of benzene rings is 21. The minimum absolute atomic E-state index is 0.409. The fourth-order valence-electron chi connectivity index (χ4n) is 28.2. The molecule has 0 atom stereocenters. The minimum Gasteiger partial charge on any atom is -0.309 e. The fourth-order valence-corrected chi connectivity index (χ4v) is 28.2. The molecule has 141 heavy (non-hydrogen) atoms. The molecule has 36 rings (SSSR count). The lowest BCUT2D eigenvalue weighted by Gasteiger charge is -2.39. The number of aromatic nitrogens is 9. The van der Waals surface area contributed by atoms with E-state index in [0.717, 1.165) is 50.0 Å². The Hall–Kier alpha value is -18.6. The lowest BCUT2D eigenvalue weighted by molar-refractivity contribution is 0.748. The van der Waals surface area contributed by atoms with Crippen LogP contribution in [0.1, 0.15) is 66.8 Å². The summed E-state index contributed by atoms with van der Waals surface area (Å²) in [6.07, 6.45) is 0. The van der Waals surface area contributed by atoms with Gasteiger partial charge in [0.25, 0.3) is 0 Å². The van der Waals surface area contributed by atoms with E-state index in [9.17, 15) is 0 Å². The van der Waals surface area contributed by atoms with Crippen molar-refractivity contribution < 1.29 is 0 Å². The molecule has 648 valence electrons. The standard InChI is InChI=1S/3C44H25N3/c1-4-16-33-26(12-1)27-13-2-5-17-34(27)44(33)35-18-6-9-22-39(35)46-41-25-32-30(24-31(41)29-15-11-19-36(44)42(29)46)28-14-3-8-21-38(28)47-40-23-10-7-20-37(40)45-43(32)47;1-4-16-32-26(12-1)27-13-2-5-17-33(27)44(32)34-18-6-9-22-38(34)47-41-30(15-11-19-35(41)44)31-25-24-29-28-14-3-8-21-37(28)46-39-23-10-7-20-36(39)45-43(46)40(29)42(31)47;1-4-16-31-26(12-1)27-13-2-5-17-32(27)44(31)33-18-6-9-22-37(33)46-39-25-24-29-28-14-3-8-21-36(28)47-38-23-10-7-20-35(38)45-43(47)41(29)40(39)30-15-11-19-34(44)42(30)46/h3*1-25H. The van der Waals surface area contributed by atoms with Crippen LogP contribution in [0.4, 0.5) is 0 Å². The molecule has 0 unspecified atom stereocenters. The molecule has 3 spiro atoms. The molecule has 30 aromatic rings. The molecule has 0 saturated carbocycles. The topological polar surface area (TPSA) is 66.7 Å². The summed E-state index contributed by atoms with van der Waals surface area (Å²) in [5.41, 5.74) is 47.0. The zero-order chi connectivity index (χ0) is 91.3. The highest BCUT2D eigenvalue weighted by atomic mass is 15.1. The van der Waals surface area contributed by atoms with Crippen LogP contribution in [0.2, 0.25) is 0 Å². The molecule has 3 aliphatic heterocycles. The van der Waals surface area contributed by atoms with E-state index in [0.29, 0.717) is 0 Å². The maximum absolute atomic E-state index is 5.37. The summed E-state index contributed by atoms with van der Waals surface area (Å²) < 4.78 is 14.7. The summed E-state index contributed by atoms with van der Waals surface area (Å²) in [6, 6.07) is 168. The molecule has 0 N–H and O–H groups in total. The van der Waals surface area contributed by atoms with E-state index in [1.165, 1.54) is 248 Å². The van der Waals surface area contributed by atoms with E-state index >= 15 is 0 Å². The van der Waals surface area contributed by atoms with Crippen LogP contribution in [-0.2, 0) is 16.2 Å². The summed E-state index contributed by atoms with van der Waals surface area (Å²) in [7, 11) is 0. The molecule has 6 aliphatic rings. The van der Waals surface area contributed by atoms with Gasteiger partial charge in [0.15, 0.2) is 0 Å². The van der Waals surface area contributed by atoms with Gasteiger partial charge >= 0.3 is 0 Å². The Balaban J connectivity index is 0.0000000920. The van der Waals surface area contributed by atoms with Crippen LogP contribution in [0.5, 0.6) is 0 Å². The molecule has 0 bridgehead atoms. The molecular formula is C132H75N9. The zero-order valence-corrected chi connectivity index (χ0v) is 75.8. The number of para-hydroxylation sites is 15. The van der Waals surface area contributed by atoms with Gasteiger partial charge in [0.2, 0.25) is 0 Å². The Morgan fingerprint density at radius 2 is 0.440 bits per heavy atom. The van der Waals surface area contributed by atoms with Crippen molar-refractivity contribution in [3.63, 3.8) is 0 Å². The monoisotopic (exact) mass is 1790 g/mol. The number of nitrogens with zero attached hydrogens (tertiary/aromatic N) is 9. The summed E-state index contributed by atoms with van der Waals surface area (Å²) >= 11 is 0. The zero-order valence-electron chi connectivity index (χ0n) is 75.8. The molecule has 0 fully saturated rings. The van der Waals surface area contributed by atoms with Crippen LogP contribution in [0.15, 0.2) is 455 Å². The van der Waals surface area contributed by atoms with E-state index in [-0.39, 0.29) is 0 Å². The normalized spacial score (nSPS) is 14.1. The van der Waals surface area contributed by atoms with Crippen molar-refractivity contribution in [2.75, 3.05) is 0 Å². The van der Waals surface area contributed by atoms with Crippen molar-refractivity contribution >= 4 is 180 Å². The van der Waals surface area contributed by atoms with Crippen molar-refractivity contribution in [3.05, 3.63) is 522 Å². The number of imidazole rings is 3. The van der Waals surface area contributed by atoms with Crippen LogP contribution in [0.3, 0.4) is 0 Å². The molecule has 9 aromatic heterocycles. The highest BCUT2D eigenvalue weighted by Gasteiger charge is 2.55. The summed E-state index contributed by atoms with van der Waals surface area (Å²) in [5.74, 6) is 0. The van der Waals surface area contributed by atoms with Crippen molar-refractivity contribution in [3.8, 4) is 50.4 Å². The maximum Gasteiger partial charge on any atom is 0.148 e. The van der Waals surface area contributed by atoms with Gasteiger partial charge in [-0.25, -0.2) is 15.0 Å². The van der Waals surface area contributed by atoms with Gasteiger partial charge in [0.05, 0.1) is 121 Å². The Bertz CT molecular complexity index is 10700. The number of rotatable bonds is 0. The third-order valence-electron chi connectivity index (χ3n) is 33.2. The molecular weight excluding hydrogens is 1710 g/mol. The highest BCUT2D eigenvalue weighted by molar-refractivity contribution is 6.32. The molecule has 0 amide bonds. The maximum atomic E-state index is 5.37. The Morgan fingerprint density at radius 1 is 0.149 bits per heavy atom. The minimum atomic E-state index is -0.423. The van der Waals surface area contributed by atoms with E-state index in [2.05, 4.69) is 482 Å². The van der Waals surface area contributed by atoms with Crippen LogP contribution >= 0.6 is 0 Å². The average Bonchev–Trinajstić information content (AvgIpc) is 1.50. The quantitative estimate of drug-likeness (QED) is 0.142. The fraction of sp³-hybridized carbons (Fsp3) is 0.0227. The molecule has 0 saturated heterocycles. The second-order valence-corrected chi connectivity index (χ2v) is 39.2. The van der Waals surface area contributed by atoms with Crippen molar-refractivity contribution in [1.82, 2.24) is 41.9 Å². The van der Waals surface area contributed by atoms with Gasteiger partial charge in [-0.3, -0.25) is 13.2 Å². The van der Waals surface area contributed by atoms with Gasteiger partial charge in [0.1, 0.15) is 16.9 Å². The first-order valence-corrected chi connectivity index (χ1v) is 49.0. The van der Waals surface area contributed by atoms with Crippen LogP contribution in [0, 0.1) is 0 Å². The van der Waals surface area contributed by atoms with E-state index in [1.807, 2.05) is 0 Å². The van der Waals surface area contributed by atoms with E-state index in [1.54, 1.807) is 0 Å². The average molecular weight is 1790 g/mol. The van der Waals surface area contributed by atoms with Gasteiger partial charge in [0, 0.05) is 59.2 Å². The summed E-state index contributed by atoms with van der Waals surface area (Å²) in [4.78, 5) is 16.0. The molecule has 9 nitrogen and oxygen atoms in total. The summed E-state index contributed by atoms with van der Waals surface area (Å²) in [5, 5.41) is 18.6. The predicted octanol–water partition coefficient (Wildman–Crippen LogP) is 31.7. The van der Waals surface area contributed by atoms with Gasteiger partial charge in [-0.1, -0.05) is 364 Å². The lowest BCUT2D eigenvalue weighted by atomic mass is 9.65. The smallest absolute Gasteiger partial charge is 0.148 e. The predicted molar refractivity (Wildman–Crippen MR) is 579 cm³/mol. The number of pyridine rings is 3. The first kappa shape index (κ1) is 74.7. The molecule has 21 aromatic carbocycles. The third kappa shape index (κ3) is 8.85. The van der Waals surface area contributed by atoms with Crippen molar-refractivity contribution in [2.24, 2.45) is 0 Å². The molecule has 12 heterocycles. The Labute approximate surface area is 805 Å². The van der Waals surface area contributed by atoms with Gasteiger partial charge in [-0.15, -0.1) is 0 Å². The molecule has 0 radical (unpaired) electrons. The second kappa shape index (κ2) is 26.6. The van der Waals surface area contributed by atoms with E-state index < -0.39 is 16.2 Å². The third-order valence-corrected chi connectivity index (χ3v) is 33.2. The molecule has 3 aliphatic carbocycles. The van der Waals surface area contributed by atoms with Crippen LogP contribution in [-0.4, -0.2) is 41.9 Å². The Kier molecular flexibility index (Phi) is 14.1. The van der Waals surface area contributed by atoms with Crippen LogP contribution in [0.25, 0.3) is 231 Å². The summed E-state index contributed by atoms with van der Waals surface area (Å²) in [6.45, 7) is 0. The first-order chi connectivity index (χ1) is 70.0. The first-order valence-electron chi connectivity index (χ1n) is 49.0.